The fourth-order valence-corrected chi connectivity index (χ4v) is 2.13. The smallest absolute Gasteiger partial charge is 0.261 e. The Hall–Kier alpha value is -1.32. The van der Waals surface area contributed by atoms with Gasteiger partial charge in [-0.2, -0.15) is 0 Å². The van der Waals surface area contributed by atoms with E-state index in [4.69, 9.17) is 10.7 Å². The van der Waals surface area contributed by atoms with Gasteiger partial charge in [-0.15, -0.1) is 0 Å². The lowest BCUT2D eigenvalue weighted by atomic mass is 10.2. The van der Waals surface area contributed by atoms with E-state index in [9.17, 15) is 26.4 Å². The molecule has 0 aromatic heterocycles. The summed E-state index contributed by atoms with van der Waals surface area (Å²) in [6.07, 6.45) is -2.61. The highest BCUT2D eigenvalue weighted by Gasteiger charge is 2.16. The quantitative estimate of drug-likeness (QED) is 0.604. The second kappa shape index (κ2) is 7.62. The summed E-state index contributed by atoms with van der Waals surface area (Å²) in [5, 5.41) is 2.27. The van der Waals surface area contributed by atoms with E-state index in [0.717, 1.165) is 12.1 Å². The molecule has 0 spiro atoms. The van der Waals surface area contributed by atoms with Crippen molar-refractivity contribution in [2.24, 2.45) is 0 Å². The molecule has 118 valence electrons. The van der Waals surface area contributed by atoms with Crippen LogP contribution in [-0.2, 0) is 13.8 Å². The molecule has 1 aromatic rings. The van der Waals surface area contributed by atoms with Crippen LogP contribution in [0, 0.1) is 5.82 Å². The van der Waals surface area contributed by atoms with Crippen molar-refractivity contribution in [3.63, 3.8) is 0 Å². The molecule has 0 aliphatic rings. The number of hydrogen-bond donors (Lipinski definition) is 1. The maximum absolute atomic E-state index is 13.2. The first-order chi connectivity index (χ1) is 9.70. The van der Waals surface area contributed by atoms with Gasteiger partial charge >= 0.3 is 0 Å². The number of carbonyl (C=O) groups excluding carboxylic acids is 1. The molecule has 0 aliphatic heterocycles. The summed E-state index contributed by atoms with van der Waals surface area (Å²) in [4.78, 5) is 11.1. The predicted octanol–water partition coefficient (Wildman–Crippen LogP) is 1.76. The van der Waals surface area contributed by atoms with Crippen molar-refractivity contribution in [1.29, 1.82) is 0 Å². The molecule has 5 nitrogen and oxygen atoms in total. The molecule has 10 heteroatoms. The molecule has 0 unspecified atom stereocenters. The van der Waals surface area contributed by atoms with Crippen molar-refractivity contribution >= 4 is 25.6 Å². The summed E-state index contributed by atoms with van der Waals surface area (Å²) in [5.74, 6) is -1.73. The van der Waals surface area contributed by atoms with Crippen LogP contribution in [0.5, 0.6) is 0 Å². The monoisotopic (exact) mass is 345 g/mol. The largest absolute Gasteiger partial charge is 0.374 e. The lowest BCUT2D eigenvalue weighted by Gasteiger charge is -2.07. The SMILES string of the molecule is O=C(NCCOCC(F)F)c1cc(F)cc(S(=O)(=O)Cl)c1. The van der Waals surface area contributed by atoms with Gasteiger partial charge in [-0.1, -0.05) is 0 Å². The van der Waals surface area contributed by atoms with Crippen LogP contribution in [0.25, 0.3) is 0 Å². The summed E-state index contributed by atoms with van der Waals surface area (Å²) < 4.78 is 63.5. The Labute approximate surface area is 123 Å². The average molecular weight is 346 g/mol. The minimum Gasteiger partial charge on any atom is -0.374 e. The first-order valence-corrected chi connectivity index (χ1v) is 7.90. The van der Waals surface area contributed by atoms with Gasteiger partial charge in [0.25, 0.3) is 21.4 Å². The van der Waals surface area contributed by atoms with Gasteiger partial charge < -0.3 is 10.1 Å². The van der Waals surface area contributed by atoms with E-state index >= 15 is 0 Å². The molecule has 0 saturated heterocycles. The lowest BCUT2D eigenvalue weighted by molar-refractivity contribution is 0.0188. The zero-order valence-corrected chi connectivity index (χ0v) is 12.1. The third-order valence-electron chi connectivity index (χ3n) is 2.19. The maximum atomic E-state index is 13.2. The van der Waals surface area contributed by atoms with Crippen molar-refractivity contribution in [3.05, 3.63) is 29.6 Å². The topological polar surface area (TPSA) is 72.5 Å². The Kier molecular flexibility index (Phi) is 6.43. The van der Waals surface area contributed by atoms with Gasteiger partial charge in [0.05, 0.1) is 11.5 Å². The van der Waals surface area contributed by atoms with Crippen LogP contribution in [-0.4, -0.2) is 40.5 Å². The van der Waals surface area contributed by atoms with E-state index < -0.39 is 38.7 Å². The molecular formula is C11H11ClF3NO4S. The molecule has 1 amide bonds. The van der Waals surface area contributed by atoms with Crippen LogP contribution in [0.15, 0.2) is 23.1 Å². The van der Waals surface area contributed by atoms with Crippen LogP contribution in [0.1, 0.15) is 10.4 Å². The summed E-state index contributed by atoms with van der Waals surface area (Å²) >= 11 is 0. The fraction of sp³-hybridized carbons (Fsp3) is 0.364. The highest BCUT2D eigenvalue weighted by molar-refractivity contribution is 8.13. The Morgan fingerprint density at radius 2 is 2.00 bits per heavy atom. The Balaban J connectivity index is 2.64. The van der Waals surface area contributed by atoms with E-state index in [1.807, 2.05) is 0 Å². The third kappa shape index (κ3) is 6.32. The predicted molar refractivity (Wildman–Crippen MR) is 68.6 cm³/mol. The molecule has 0 atom stereocenters. The minimum atomic E-state index is -4.18. The number of nitrogens with one attached hydrogen (secondary N) is 1. The first-order valence-electron chi connectivity index (χ1n) is 5.59. The highest BCUT2D eigenvalue weighted by Crippen LogP contribution is 2.18. The van der Waals surface area contributed by atoms with Gasteiger partial charge in [-0.05, 0) is 18.2 Å². The molecule has 0 fully saturated rings. The third-order valence-corrected chi connectivity index (χ3v) is 3.52. The standard InChI is InChI=1S/C11H11ClF3NO4S/c12-21(18,19)9-4-7(3-8(13)5-9)11(17)16-1-2-20-6-10(14)15/h3-5,10H,1-2,6H2,(H,16,17). The summed E-state index contributed by atoms with van der Waals surface area (Å²) in [7, 11) is 0.889. The van der Waals surface area contributed by atoms with E-state index in [0.29, 0.717) is 6.07 Å². The molecule has 0 saturated carbocycles. The Morgan fingerprint density at radius 3 is 2.57 bits per heavy atom. The molecular weight excluding hydrogens is 335 g/mol. The zero-order valence-electron chi connectivity index (χ0n) is 10.5. The summed E-state index contributed by atoms with van der Waals surface area (Å²) in [6, 6.07) is 2.40. The van der Waals surface area contributed by atoms with Crippen LogP contribution in [0.2, 0.25) is 0 Å². The number of halogens is 4. The minimum absolute atomic E-state index is 0.0922. The fourth-order valence-electron chi connectivity index (χ4n) is 1.35. The van der Waals surface area contributed by atoms with Gasteiger partial charge in [0, 0.05) is 22.8 Å². The lowest BCUT2D eigenvalue weighted by Crippen LogP contribution is -2.28. The maximum Gasteiger partial charge on any atom is 0.261 e. The van der Waals surface area contributed by atoms with Gasteiger partial charge in [0.2, 0.25) is 0 Å². The van der Waals surface area contributed by atoms with Crippen molar-refractivity contribution in [3.8, 4) is 0 Å². The molecule has 1 N–H and O–H groups in total. The van der Waals surface area contributed by atoms with E-state index in [-0.39, 0.29) is 18.7 Å². The summed E-state index contributed by atoms with van der Waals surface area (Å²) in [5.41, 5.74) is -0.261. The molecule has 1 rings (SSSR count). The highest BCUT2D eigenvalue weighted by atomic mass is 35.7. The zero-order chi connectivity index (χ0) is 16.0. The molecule has 0 bridgehead atoms. The van der Waals surface area contributed by atoms with Crippen molar-refractivity contribution in [2.45, 2.75) is 11.3 Å². The Bertz CT molecular complexity index is 609. The molecule has 0 radical (unpaired) electrons. The number of amides is 1. The normalized spacial score (nSPS) is 11.7. The number of benzene rings is 1. The van der Waals surface area contributed by atoms with Crippen molar-refractivity contribution in [2.75, 3.05) is 19.8 Å². The van der Waals surface area contributed by atoms with Gasteiger partial charge in [-0.3, -0.25) is 4.79 Å². The van der Waals surface area contributed by atoms with Gasteiger partial charge in [0.15, 0.2) is 0 Å². The second-order valence-corrected chi connectivity index (χ2v) is 6.40. The van der Waals surface area contributed by atoms with Gasteiger partial charge in [0.1, 0.15) is 12.4 Å². The van der Waals surface area contributed by atoms with Gasteiger partial charge in [-0.25, -0.2) is 21.6 Å². The van der Waals surface area contributed by atoms with Crippen LogP contribution in [0.3, 0.4) is 0 Å². The molecule has 0 aliphatic carbocycles. The summed E-state index contributed by atoms with van der Waals surface area (Å²) in [6.45, 7) is -1.01. The molecule has 21 heavy (non-hydrogen) atoms. The number of alkyl halides is 2. The first kappa shape index (κ1) is 17.7. The number of rotatable bonds is 7. The number of carbonyl (C=O) groups is 1. The van der Waals surface area contributed by atoms with Crippen LogP contribution >= 0.6 is 10.7 Å². The van der Waals surface area contributed by atoms with Crippen LogP contribution < -0.4 is 5.32 Å². The number of ether oxygens (including phenoxy) is 1. The van der Waals surface area contributed by atoms with Crippen LogP contribution in [0.4, 0.5) is 13.2 Å². The Morgan fingerprint density at radius 1 is 1.33 bits per heavy atom. The van der Waals surface area contributed by atoms with E-state index in [1.54, 1.807) is 0 Å². The number of hydrogen-bond acceptors (Lipinski definition) is 4. The average Bonchev–Trinajstić information content (AvgIpc) is 2.36. The molecule has 0 heterocycles. The van der Waals surface area contributed by atoms with E-state index in [2.05, 4.69) is 10.1 Å². The molecule has 1 aromatic carbocycles. The second-order valence-electron chi connectivity index (χ2n) is 3.84. The van der Waals surface area contributed by atoms with Crippen molar-refractivity contribution in [1.82, 2.24) is 5.32 Å². The van der Waals surface area contributed by atoms with E-state index in [1.165, 1.54) is 0 Å². The van der Waals surface area contributed by atoms with Crippen molar-refractivity contribution < 1.29 is 31.1 Å².